The minimum atomic E-state index is -0.0938. The largest absolute Gasteiger partial charge is 0.381 e. The van der Waals surface area contributed by atoms with Gasteiger partial charge in [0.05, 0.1) is 17.8 Å². The number of rotatable bonds is 4. The number of ether oxygens (including phenoxy) is 1. The lowest BCUT2D eigenvalue weighted by Crippen LogP contribution is -2.23. The molecular weight excluding hydrogens is 316 g/mol. The molecule has 2 N–H and O–H groups in total. The summed E-state index contributed by atoms with van der Waals surface area (Å²) in [5.74, 6) is -0.0938. The maximum Gasteiger partial charge on any atom is 0.254 e. The van der Waals surface area contributed by atoms with E-state index in [4.69, 9.17) is 4.74 Å². The van der Waals surface area contributed by atoms with Gasteiger partial charge in [-0.3, -0.25) is 9.48 Å². The number of fused-ring (bicyclic) bond motifs is 1. The van der Waals surface area contributed by atoms with E-state index in [0.29, 0.717) is 18.2 Å². The standard InChI is InChI=1S/C19H22N4O2/c1-13-8-15-9-14(2-3-18(15)22-13)10-20-19(24)16-11-21-23(12-16)17-4-6-25-7-5-17/h2-3,8-9,11-12,17,22H,4-7,10H2,1H3,(H,20,24). The fourth-order valence-electron chi connectivity index (χ4n) is 3.33. The van der Waals surface area contributed by atoms with Gasteiger partial charge in [0.15, 0.2) is 0 Å². The van der Waals surface area contributed by atoms with Crippen LogP contribution in [0.3, 0.4) is 0 Å². The predicted octanol–water partition coefficient (Wildman–Crippen LogP) is 2.95. The summed E-state index contributed by atoms with van der Waals surface area (Å²) in [5, 5.41) is 8.50. The maximum absolute atomic E-state index is 12.4. The molecule has 1 aliphatic heterocycles. The SMILES string of the molecule is Cc1cc2cc(CNC(=O)c3cnn(C4CCOCC4)c3)ccc2[nH]1. The first-order valence-electron chi connectivity index (χ1n) is 8.67. The Balaban J connectivity index is 1.40. The van der Waals surface area contributed by atoms with Gasteiger partial charge in [0.25, 0.3) is 5.91 Å². The molecule has 6 nitrogen and oxygen atoms in total. The van der Waals surface area contributed by atoms with Gasteiger partial charge in [0.2, 0.25) is 0 Å². The summed E-state index contributed by atoms with van der Waals surface area (Å²) in [6.07, 6.45) is 5.37. The Morgan fingerprint density at radius 3 is 3.04 bits per heavy atom. The number of aromatic nitrogens is 3. The molecule has 0 bridgehead atoms. The lowest BCUT2D eigenvalue weighted by atomic mass is 10.1. The van der Waals surface area contributed by atoms with Crippen LogP contribution in [0.5, 0.6) is 0 Å². The Bertz CT molecular complexity index is 890. The minimum Gasteiger partial charge on any atom is -0.381 e. The van der Waals surface area contributed by atoms with Crippen molar-refractivity contribution in [2.75, 3.05) is 13.2 Å². The molecule has 1 saturated heterocycles. The number of carbonyl (C=O) groups is 1. The fraction of sp³-hybridized carbons (Fsp3) is 0.368. The first-order chi connectivity index (χ1) is 12.2. The normalized spacial score (nSPS) is 15.6. The minimum absolute atomic E-state index is 0.0938. The zero-order valence-electron chi connectivity index (χ0n) is 14.3. The van der Waals surface area contributed by atoms with Gasteiger partial charge >= 0.3 is 0 Å². The number of amides is 1. The molecule has 0 radical (unpaired) electrons. The lowest BCUT2D eigenvalue weighted by molar-refractivity contribution is 0.0662. The van der Waals surface area contributed by atoms with Crippen LogP contribution in [0.15, 0.2) is 36.7 Å². The molecule has 1 amide bonds. The molecule has 2 aromatic heterocycles. The van der Waals surface area contributed by atoms with Gasteiger partial charge in [-0.1, -0.05) is 6.07 Å². The third-order valence-corrected chi connectivity index (χ3v) is 4.70. The quantitative estimate of drug-likeness (QED) is 0.768. The molecule has 25 heavy (non-hydrogen) atoms. The third kappa shape index (κ3) is 3.44. The highest BCUT2D eigenvalue weighted by Crippen LogP contribution is 2.20. The van der Waals surface area contributed by atoms with Crippen molar-refractivity contribution in [1.82, 2.24) is 20.1 Å². The van der Waals surface area contributed by atoms with Gasteiger partial charge in [0.1, 0.15) is 0 Å². The summed E-state index contributed by atoms with van der Waals surface area (Å²) in [5.41, 5.74) is 3.93. The molecule has 0 aliphatic carbocycles. The van der Waals surface area contributed by atoms with Crippen molar-refractivity contribution in [2.45, 2.75) is 32.4 Å². The molecule has 4 rings (SSSR count). The molecule has 0 saturated carbocycles. The van der Waals surface area contributed by atoms with Crippen molar-refractivity contribution in [3.8, 4) is 0 Å². The first kappa shape index (κ1) is 15.9. The van der Waals surface area contributed by atoms with E-state index in [1.807, 2.05) is 29.9 Å². The summed E-state index contributed by atoms with van der Waals surface area (Å²) in [6.45, 7) is 4.05. The van der Waals surface area contributed by atoms with Gasteiger partial charge < -0.3 is 15.0 Å². The maximum atomic E-state index is 12.4. The number of hydrogen-bond donors (Lipinski definition) is 2. The fourth-order valence-corrected chi connectivity index (χ4v) is 3.33. The lowest BCUT2D eigenvalue weighted by Gasteiger charge is -2.22. The number of aromatic amines is 1. The Kier molecular flexibility index (Phi) is 4.28. The summed E-state index contributed by atoms with van der Waals surface area (Å²) < 4.78 is 7.27. The van der Waals surface area contributed by atoms with E-state index in [1.54, 1.807) is 6.20 Å². The van der Waals surface area contributed by atoms with E-state index >= 15 is 0 Å². The second kappa shape index (κ2) is 6.72. The molecule has 0 atom stereocenters. The number of H-pyrrole nitrogens is 1. The van der Waals surface area contributed by atoms with E-state index in [2.05, 4.69) is 27.5 Å². The van der Waals surface area contributed by atoms with Crippen molar-refractivity contribution < 1.29 is 9.53 Å². The van der Waals surface area contributed by atoms with Gasteiger partial charge in [-0.25, -0.2) is 0 Å². The highest BCUT2D eigenvalue weighted by atomic mass is 16.5. The van der Waals surface area contributed by atoms with E-state index in [1.165, 1.54) is 0 Å². The second-order valence-corrected chi connectivity index (χ2v) is 6.61. The van der Waals surface area contributed by atoms with Crippen LogP contribution in [0.4, 0.5) is 0 Å². The summed E-state index contributed by atoms with van der Waals surface area (Å²) >= 11 is 0. The van der Waals surface area contributed by atoms with Crippen LogP contribution in [-0.2, 0) is 11.3 Å². The van der Waals surface area contributed by atoms with Crippen LogP contribution < -0.4 is 5.32 Å². The Hall–Kier alpha value is -2.60. The molecule has 3 aromatic rings. The molecular formula is C19H22N4O2. The number of carbonyl (C=O) groups excluding carboxylic acids is 1. The van der Waals surface area contributed by atoms with Crippen molar-refractivity contribution in [1.29, 1.82) is 0 Å². The molecule has 130 valence electrons. The summed E-state index contributed by atoms with van der Waals surface area (Å²) in [6, 6.07) is 8.62. The number of benzene rings is 1. The van der Waals surface area contributed by atoms with Crippen LogP contribution in [0.2, 0.25) is 0 Å². The van der Waals surface area contributed by atoms with Gasteiger partial charge in [0, 0.05) is 37.2 Å². The molecule has 1 aromatic carbocycles. The van der Waals surface area contributed by atoms with Crippen molar-refractivity contribution in [3.63, 3.8) is 0 Å². The van der Waals surface area contributed by atoms with Crippen molar-refractivity contribution in [2.24, 2.45) is 0 Å². The third-order valence-electron chi connectivity index (χ3n) is 4.70. The average molecular weight is 338 g/mol. The highest BCUT2D eigenvalue weighted by molar-refractivity contribution is 5.93. The van der Waals surface area contributed by atoms with E-state index in [9.17, 15) is 4.79 Å². The van der Waals surface area contributed by atoms with Gasteiger partial charge in [-0.15, -0.1) is 0 Å². The molecule has 0 unspecified atom stereocenters. The number of nitrogens with one attached hydrogen (secondary N) is 2. The van der Waals surface area contributed by atoms with Crippen LogP contribution in [0.25, 0.3) is 10.9 Å². The van der Waals surface area contributed by atoms with Crippen LogP contribution in [-0.4, -0.2) is 33.9 Å². The van der Waals surface area contributed by atoms with E-state index in [-0.39, 0.29) is 5.91 Å². The Morgan fingerprint density at radius 1 is 1.36 bits per heavy atom. The van der Waals surface area contributed by atoms with Crippen LogP contribution in [0, 0.1) is 6.92 Å². The Morgan fingerprint density at radius 2 is 2.20 bits per heavy atom. The molecule has 0 spiro atoms. The molecule has 1 aliphatic rings. The topological polar surface area (TPSA) is 71.9 Å². The zero-order valence-corrected chi connectivity index (χ0v) is 14.3. The zero-order chi connectivity index (χ0) is 17.2. The van der Waals surface area contributed by atoms with Gasteiger partial charge in [-0.05, 0) is 48.9 Å². The summed E-state index contributed by atoms with van der Waals surface area (Å²) in [4.78, 5) is 15.7. The first-order valence-corrected chi connectivity index (χ1v) is 8.67. The molecule has 3 heterocycles. The number of nitrogens with zero attached hydrogens (tertiary/aromatic N) is 2. The molecule has 1 fully saturated rings. The smallest absolute Gasteiger partial charge is 0.254 e. The Labute approximate surface area is 146 Å². The van der Waals surface area contributed by atoms with Crippen LogP contribution >= 0.6 is 0 Å². The second-order valence-electron chi connectivity index (χ2n) is 6.61. The van der Waals surface area contributed by atoms with E-state index < -0.39 is 0 Å². The monoisotopic (exact) mass is 338 g/mol. The predicted molar refractivity (Wildman–Crippen MR) is 95.5 cm³/mol. The average Bonchev–Trinajstić information content (AvgIpc) is 3.26. The van der Waals surface area contributed by atoms with Crippen LogP contribution in [0.1, 0.15) is 40.5 Å². The summed E-state index contributed by atoms with van der Waals surface area (Å²) in [7, 11) is 0. The van der Waals surface area contributed by atoms with Gasteiger partial charge in [-0.2, -0.15) is 5.10 Å². The number of hydrogen-bond acceptors (Lipinski definition) is 3. The van der Waals surface area contributed by atoms with Crippen molar-refractivity contribution >= 4 is 16.8 Å². The highest BCUT2D eigenvalue weighted by Gasteiger charge is 2.18. The van der Waals surface area contributed by atoms with E-state index in [0.717, 1.165) is 48.2 Å². The molecule has 6 heteroatoms. The number of aryl methyl sites for hydroxylation is 1. The van der Waals surface area contributed by atoms with Crippen molar-refractivity contribution in [3.05, 3.63) is 53.5 Å².